The number of carbonyl (C=O) groups is 2. The highest BCUT2D eigenvalue weighted by atomic mass is 35.5. The van der Waals surface area contributed by atoms with Crippen molar-refractivity contribution in [1.29, 1.82) is 0 Å². The number of benzene rings is 2. The van der Waals surface area contributed by atoms with E-state index in [-0.39, 0.29) is 28.5 Å². The third-order valence-electron chi connectivity index (χ3n) is 5.14. The molecular weight excluding hydrogens is 453 g/mol. The highest BCUT2D eigenvalue weighted by Gasteiger charge is 2.46. The average Bonchev–Trinajstić information content (AvgIpc) is 3.38. The van der Waals surface area contributed by atoms with Crippen molar-refractivity contribution in [1.82, 2.24) is 4.90 Å². The average molecular weight is 472 g/mol. The summed E-state index contributed by atoms with van der Waals surface area (Å²) in [5, 5.41) is 11.9. The number of carbonyl (C=O) groups excluding carboxylic acids is 2. The Bertz CT molecular complexity index is 1190. The smallest absolute Gasteiger partial charge is 0.296 e. The van der Waals surface area contributed by atoms with Gasteiger partial charge in [0.25, 0.3) is 11.7 Å². The molecule has 4 rings (SSSR count). The van der Waals surface area contributed by atoms with E-state index in [2.05, 4.69) is 0 Å². The zero-order chi connectivity index (χ0) is 22.8. The number of aliphatic hydroxyl groups excluding tert-OH is 1. The molecule has 1 fully saturated rings. The number of halogens is 2. The van der Waals surface area contributed by atoms with Crippen molar-refractivity contribution in [2.75, 3.05) is 6.61 Å². The van der Waals surface area contributed by atoms with Gasteiger partial charge in [0.1, 0.15) is 17.3 Å². The van der Waals surface area contributed by atoms with E-state index >= 15 is 0 Å². The summed E-state index contributed by atoms with van der Waals surface area (Å²) in [6.45, 7) is 2.29. The number of rotatable bonds is 6. The van der Waals surface area contributed by atoms with Crippen LogP contribution in [0.25, 0.3) is 5.76 Å². The number of hydrogen-bond donors (Lipinski definition) is 1. The van der Waals surface area contributed by atoms with Gasteiger partial charge in [-0.3, -0.25) is 9.59 Å². The summed E-state index contributed by atoms with van der Waals surface area (Å²) in [5.41, 5.74) is 0.741. The van der Waals surface area contributed by atoms with Crippen molar-refractivity contribution in [2.45, 2.75) is 19.5 Å². The number of ketones is 1. The van der Waals surface area contributed by atoms with Crippen LogP contribution < -0.4 is 4.74 Å². The third kappa shape index (κ3) is 4.11. The molecule has 2 aromatic carbocycles. The summed E-state index contributed by atoms with van der Waals surface area (Å²) in [4.78, 5) is 27.4. The Morgan fingerprint density at radius 1 is 1.12 bits per heavy atom. The van der Waals surface area contributed by atoms with Crippen LogP contribution >= 0.6 is 23.2 Å². The summed E-state index contributed by atoms with van der Waals surface area (Å²) in [6.07, 6.45) is 1.49. The molecule has 3 aromatic rings. The highest BCUT2D eigenvalue weighted by molar-refractivity contribution is 6.47. The predicted octanol–water partition coefficient (Wildman–Crippen LogP) is 5.61. The van der Waals surface area contributed by atoms with E-state index in [9.17, 15) is 14.7 Å². The summed E-state index contributed by atoms with van der Waals surface area (Å²) >= 11 is 12.4. The molecule has 1 amide bonds. The Morgan fingerprint density at radius 2 is 1.88 bits per heavy atom. The fraction of sp³-hybridized carbons (Fsp3) is 0.167. The van der Waals surface area contributed by atoms with Gasteiger partial charge in [0.2, 0.25) is 0 Å². The van der Waals surface area contributed by atoms with Gasteiger partial charge in [0.15, 0.2) is 0 Å². The van der Waals surface area contributed by atoms with E-state index < -0.39 is 17.7 Å². The highest BCUT2D eigenvalue weighted by Crippen LogP contribution is 2.42. The second kappa shape index (κ2) is 9.10. The van der Waals surface area contributed by atoms with Crippen LogP contribution in [-0.4, -0.2) is 28.3 Å². The molecule has 6 nitrogen and oxygen atoms in total. The van der Waals surface area contributed by atoms with E-state index in [0.717, 1.165) is 0 Å². The summed E-state index contributed by atoms with van der Waals surface area (Å²) in [5.74, 6) is -0.961. The maximum Gasteiger partial charge on any atom is 0.296 e. The Kier molecular flexibility index (Phi) is 6.26. The van der Waals surface area contributed by atoms with Crippen LogP contribution in [0.4, 0.5) is 0 Å². The largest absolute Gasteiger partial charge is 0.507 e. The van der Waals surface area contributed by atoms with Crippen LogP contribution in [0.15, 0.2) is 70.9 Å². The first-order valence-corrected chi connectivity index (χ1v) is 10.6. The SMILES string of the molecule is CCOc1ccc(Cl)c(/C(O)=C2\C(=O)C(=O)N(Cc3ccco3)C2c2ccc(Cl)cc2)c1. The second-order valence-corrected chi connectivity index (χ2v) is 7.98. The van der Waals surface area contributed by atoms with Crippen molar-refractivity contribution in [3.05, 3.63) is 93.4 Å². The molecule has 2 heterocycles. The van der Waals surface area contributed by atoms with Crippen LogP contribution in [-0.2, 0) is 16.1 Å². The minimum Gasteiger partial charge on any atom is -0.507 e. The molecule has 0 saturated carbocycles. The summed E-state index contributed by atoms with van der Waals surface area (Å²) < 4.78 is 10.9. The predicted molar refractivity (Wildman–Crippen MR) is 121 cm³/mol. The summed E-state index contributed by atoms with van der Waals surface area (Å²) in [7, 11) is 0. The van der Waals surface area contributed by atoms with Gasteiger partial charge in [-0.05, 0) is 55.0 Å². The number of ether oxygens (including phenoxy) is 1. The summed E-state index contributed by atoms with van der Waals surface area (Å²) in [6, 6.07) is 14.1. The molecule has 1 aromatic heterocycles. The van der Waals surface area contributed by atoms with Crippen LogP contribution in [0.3, 0.4) is 0 Å². The molecule has 0 bridgehead atoms. The number of furan rings is 1. The first-order valence-electron chi connectivity index (χ1n) is 9.89. The Morgan fingerprint density at radius 3 is 2.53 bits per heavy atom. The van der Waals surface area contributed by atoms with Gasteiger partial charge in [-0.2, -0.15) is 0 Å². The Labute approximate surface area is 194 Å². The second-order valence-electron chi connectivity index (χ2n) is 7.13. The first kappa shape index (κ1) is 22.0. The van der Waals surface area contributed by atoms with Gasteiger partial charge in [-0.25, -0.2) is 0 Å². The van der Waals surface area contributed by atoms with E-state index in [1.54, 1.807) is 54.6 Å². The zero-order valence-electron chi connectivity index (χ0n) is 17.0. The molecule has 164 valence electrons. The van der Waals surface area contributed by atoms with Gasteiger partial charge in [-0.1, -0.05) is 35.3 Å². The molecule has 1 aliphatic rings. The first-order chi connectivity index (χ1) is 15.4. The van der Waals surface area contributed by atoms with Gasteiger partial charge >= 0.3 is 0 Å². The van der Waals surface area contributed by atoms with Crippen LogP contribution in [0.5, 0.6) is 5.75 Å². The van der Waals surface area contributed by atoms with E-state index in [1.165, 1.54) is 11.2 Å². The lowest BCUT2D eigenvalue weighted by Gasteiger charge is -2.24. The molecule has 32 heavy (non-hydrogen) atoms. The number of nitrogens with zero attached hydrogens (tertiary/aromatic N) is 1. The molecular formula is C24H19Cl2NO5. The third-order valence-corrected chi connectivity index (χ3v) is 5.72. The molecule has 0 radical (unpaired) electrons. The van der Waals surface area contributed by atoms with Gasteiger partial charge in [0, 0.05) is 10.6 Å². The zero-order valence-corrected chi connectivity index (χ0v) is 18.6. The standard InChI is InChI=1S/C24H19Cl2NO5/c1-2-31-16-9-10-19(26)18(12-16)22(28)20-21(14-5-7-15(25)8-6-14)27(24(30)23(20)29)13-17-4-3-11-32-17/h3-12,21,28H,2,13H2,1H3/b22-20+. The normalized spacial score (nSPS) is 17.7. The van der Waals surface area contributed by atoms with Crippen molar-refractivity contribution in [3.63, 3.8) is 0 Å². The maximum atomic E-state index is 13.1. The van der Waals surface area contributed by atoms with Crippen molar-refractivity contribution in [2.24, 2.45) is 0 Å². The number of hydrogen-bond acceptors (Lipinski definition) is 5. The Hall–Kier alpha value is -3.22. The van der Waals surface area contributed by atoms with Crippen molar-refractivity contribution < 1.29 is 23.8 Å². The topological polar surface area (TPSA) is 80.0 Å². The molecule has 8 heteroatoms. The molecule has 1 aliphatic heterocycles. The monoisotopic (exact) mass is 471 g/mol. The van der Waals surface area contributed by atoms with Crippen LogP contribution in [0.1, 0.15) is 29.9 Å². The lowest BCUT2D eigenvalue weighted by molar-refractivity contribution is -0.140. The van der Waals surface area contributed by atoms with E-state index in [0.29, 0.717) is 28.7 Å². The van der Waals surface area contributed by atoms with Gasteiger partial charge in [-0.15, -0.1) is 0 Å². The minimum atomic E-state index is -0.857. The van der Waals surface area contributed by atoms with E-state index in [1.807, 2.05) is 6.92 Å². The van der Waals surface area contributed by atoms with Crippen molar-refractivity contribution >= 4 is 40.7 Å². The van der Waals surface area contributed by atoms with Gasteiger partial charge < -0.3 is 19.2 Å². The number of likely N-dealkylation sites (tertiary alicyclic amines) is 1. The quantitative estimate of drug-likeness (QED) is 0.287. The van der Waals surface area contributed by atoms with Crippen LogP contribution in [0.2, 0.25) is 10.0 Å². The van der Waals surface area contributed by atoms with Crippen LogP contribution in [0, 0.1) is 0 Å². The molecule has 1 atom stereocenters. The lowest BCUT2D eigenvalue weighted by atomic mass is 9.95. The minimum absolute atomic E-state index is 0.0500. The Balaban J connectivity index is 1.88. The fourth-order valence-corrected chi connectivity index (χ4v) is 4.03. The number of aliphatic hydroxyl groups is 1. The lowest BCUT2D eigenvalue weighted by Crippen LogP contribution is -2.29. The number of Topliss-reactive ketones (excluding diaryl/α,β-unsaturated/α-hetero) is 1. The van der Waals surface area contributed by atoms with Gasteiger partial charge in [0.05, 0.1) is 36.1 Å². The molecule has 1 saturated heterocycles. The molecule has 0 spiro atoms. The maximum absolute atomic E-state index is 13.1. The van der Waals surface area contributed by atoms with E-state index in [4.69, 9.17) is 32.4 Å². The molecule has 0 aliphatic carbocycles. The fourth-order valence-electron chi connectivity index (χ4n) is 3.69. The molecule has 1 unspecified atom stereocenters. The van der Waals surface area contributed by atoms with Crippen molar-refractivity contribution in [3.8, 4) is 5.75 Å². The molecule has 1 N–H and O–H groups in total. The number of amides is 1.